The molecule has 0 aromatic rings. The van der Waals surface area contributed by atoms with Crippen LogP contribution in [0.5, 0.6) is 0 Å². The third-order valence-electron chi connectivity index (χ3n) is 3.73. The maximum absolute atomic E-state index is 11.6. The van der Waals surface area contributed by atoms with Crippen molar-refractivity contribution in [3.63, 3.8) is 0 Å². The first kappa shape index (κ1) is 15.4. The summed E-state index contributed by atoms with van der Waals surface area (Å²) in [6, 6.07) is 0. The molecule has 0 aliphatic heterocycles. The van der Waals surface area contributed by atoms with Crippen molar-refractivity contribution in [2.75, 3.05) is 13.2 Å². The van der Waals surface area contributed by atoms with Gasteiger partial charge in [-0.05, 0) is 18.8 Å². The van der Waals surface area contributed by atoms with Gasteiger partial charge in [0, 0.05) is 18.4 Å². The number of nitrogens with one attached hydrogen (secondary N) is 1. The van der Waals surface area contributed by atoms with Gasteiger partial charge in [0.15, 0.2) is 0 Å². The second kappa shape index (κ2) is 7.66. The van der Waals surface area contributed by atoms with E-state index >= 15 is 0 Å². The van der Waals surface area contributed by atoms with Gasteiger partial charge in [0.2, 0.25) is 5.91 Å². The van der Waals surface area contributed by atoms with Gasteiger partial charge in [-0.2, -0.15) is 0 Å². The van der Waals surface area contributed by atoms with Crippen LogP contribution in [0.3, 0.4) is 0 Å². The van der Waals surface area contributed by atoms with Gasteiger partial charge in [-0.15, -0.1) is 0 Å². The van der Waals surface area contributed by atoms with E-state index in [1.807, 2.05) is 0 Å². The lowest BCUT2D eigenvalue weighted by molar-refractivity contribution is -0.122. The third-order valence-corrected chi connectivity index (χ3v) is 3.73. The van der Waals surface area contributed by atoms with E-state index in [1.165, 1.54) is 0 Å². The molecule has 2 N–H and O–H groups in total. The summed E-state index contributed by atoms with van der Waals surface area (Å²) in [5.74, 6) is 0.542. The molecule has 3 nitrogen and oxygen atoms in total. The van der Waals surface area contributed by atoms with Crippen molar-refractivity contribution in [3.8, 4) is 0 Å². The van der Waals surface area contributed by atoms with Crippen LogP contribution in [0.15, 0.2) is 0 Å². The van der Waals surface area contributed by atoms with Crippen LogP contribution in [0.2, 0.25) is 0 Å². The molecule has 0 heterocycles. The molecule has 0 radical (unpaired) electrons. The van der Waals surface area contributed by atoms with Crippen molar-refractivity contribution in [2.45, 2.75) is 53.4 Å². The molecule has 96 valence electrons. The largest absolute Gasteiger partial charge is 0.396 e. The smallest absolute Gasteiger partial charge is 0.220 e. The summed E-state index contributed by atoms with van der Waals surface area (Å²) < 4.78 is 0. The highest BCUT2D eigenvalue weighted by atomic mass is 16.3. The highest BCUT2D eigenvalue weighted by Gasteiger charge is 2.25. The van der Waals surface area contributed by atoms with Crippen molar-refractivity contribution >= 4 is 5.91 Å². The highest BCUT2D eigenvalue weighted by molar-refractivity contribution is 5.76. The van der Waals surface area contributed by atoms with Gasteiger partial charge < -0.3 is 10.4 Å². The zero-order chi connectivity index (χ0) is 12.6. The fourth-order valence-corrected chi connectivity index (χ4v) is 1.60. The zero-order valence-electron chi connectivity index (χ0n) is 11.2. The van der Waals surface area contributed by atoms with Crippen molar-refractivity contribution in [1.82, 2.24) is 5.32 Å². The van der Waals surface area contributed by atoms with E-state index in [0.717, 1.165) is 19.3 Å². The number of amides is 1. The van der Waals surface area contributed by atoms with Crippen molar-refractivity contribution < 1.29 is 9.90 Å². The van der Waals surface area contributed by atoms with E-state index in [4.69, 9.17) is 0 Å². The van der Waals surface area contributed by atoms with Gasteiger partial charge in [-0.3, -0.25) is 4.79 Å². The standard InChI is InChI=1S/C13H27NO2/c1-5-11(4)8-12(16)14-9-13(6-2,7-3)10-15/h11,15H,5-10H2,1-4H3,(H,14,16). The van der Waals surface area contributed by atoms with Gasteiger partial charge in [-0.1, -0.05) is 34.1 Å². The van der Waals surface area contributed by atoms with Gasteiger partial charge in [-0.25, -0.2) is 0 Å². The van der Waals surface area contributed by atoms with Crippen LogP contribution in [-0.2, 0) is 4.79 Å². The van der Waals surface area contributed by atoms with Gasteiger partial charge in [0.1, 0.15) is 0 Å². The van der Waals surface area contributed by atoms with Crippen molar-refractivity contribution in [3.05, 3.63) is 0 Å². The Labute approximate surface area is 99.6 Å². The lowest BCUT2D eigenvalue weighted by atomic mass is 9.83. The monoisotopic (exact) mass is 229 g/mol. The highest BCUT2D eigenvalue weighted by Crippen LogP contribution is 2.24. The topological polar surface area (TPSA) is 49.3 Å². The number of aliphatic hydroxyl groups is 1. The van der Waals surface area contributed by atoms with E-state index in [2.05, 4.69) is 33.0 Å². The molecule has 0 bridgehead atoms. The molecule has 1 amide bonds. The number of carbonyl (C=O) groups excluding carboxylic acids is 1. The van der Waals surface area contributed by atoms with Crippen LogP contribution < -0.4 is 5.32 Å². The first-order valence-corrected chi connectivity index (χ1v) is 6.41. The Morgan fingerprint density at radius 3 is 2.25 bits per heavy atom. The molecule has 1 unspecified atom stereocenters. The van der Waals surface area contributed by atoms with Gasteiger partial charge in [0.05, 0.1) is 6.61 Å². The van der Waals surface area contributed by atoms with Crippen molar-refractivity contribution in [1.29, 1.82) is 0 Å². The summed E-state index contributed by atoms with van der Waals surface area (Å²) >= 11 is 0. The molecule has 16 heavy (non-hydrogen) atoms. The van der Waals surface area contributed by atoms with Crippen LogP contribution in [-0.4, -0.2) is 24.2 Å². The maximum Gasteiger partial charge on any atom is 0.220 e. The second-order valence-electron chi connectivity index (χ2n) is 4.86. The predicted molar refractivity (Wildman–Crippen MR) is 67.2 cm³/mol. The summed E-state index contributed by atoms with van der Waals surface area (Å²) in [6.07, 6.45) is 3.40. The minimum Gasteiger partial charge on any atom is -0.396 e. The van der Waals surface area contributed by atoms with Crippen LogP contribution in [0, 0.1) is 11.3 Å². The minimum atomic E-state index is -0.134. The zero-order valence-corrected chi connectivity index (χ0v) is 11.2. The average Bonchev–Trinajstić information content (AvgIpc) is 2.31. The number of hydrogen-bond donors (Lipinski definition) is 2. The van der Waals surface area contributed by atoms with Crippen LogP contribution >= 0.6 is 0 Å². The van der Waals surface area contributed by atoms with E-state index in [1.54, 1.807) is 0 Å². The second-order valence-corrected chi connectivity index (χ2v) is 4.86. The third kappa shape index (κ3) is 4.97. The van der Waals surface area contributed by atoms with Crippen LogP contribution in [0.4, 0.5) is 0 Å². The SMILES string of the molecule is CCC(C)CC(=O)NCC(CC)(CC)CO. The molecule has 1 atom stereocenters. The van der Waals surface area contributed by atoms with Crippen molar-refractivity contribution in [2.24, 2.45) is 11.3 Å². The summed E-state index contributed by atoms with van der Waals surface area (Å²) in [4.78, 5) is 11.6. The number of hydrogen-bond acceptors (Lipinski definition) is 2. The average molecular weight is 229 g/mol. The van der Waals surface area contributed by atoms with Gasteiger partial charge in [0.25, 0.3) is 0 Å². The lowest BCUT2D eigenvalue weighted by Gasteiger charge is -2.29. The van der Waals surface area contributed by atoms with Crippen LogP contribution in [0.25, 0.3) is 0 Å². The van der Waals surface area contributed by atoms with Gasteiger partial charge >= 0.3 is 0 Å². The minimum absolute atomic E-state index is 0.106. The molecule has 3 heteroatoms. The molecular formula is C13H27NO2. The number of aliphatic hydroxyl groups excluding tert-OH is 1. The summed E-state index contributed by atoms with van der Waals surface area (Å²) in [5, 5.41) is 12.3. The Morgan fingerprint density at radius 2 is 1.88 bits per heavy atom. The van der Waals surface area contributed by atoms with E-state index in [-0.39, 0.29) is 17.9 Å². The molecule has 0 spiro atoms. The fraction of sp³-hybridized carbons (Fsp3) is 0.923. The molecular weight excluding hydrogens is 202 g/mol. The molecule has 0 saturated carbocycles. The maximum atomic E-state index is 11.6. The summed E-state index contributed by atoms with van der Waals surface area (Å²) in [7, 11) is 0. The molecule has 0 aliphatic rings. The Morgan fingerprint density at radius 1 is 1.31 bits per heavy atom. The Hall–Kier alpha value is -0.570. The summed E-state index contributed by atoms with van der Waals surface area (Å²) in [5.41, 5.74) is -0.134. The predicted octanol–water partition coefficient (Wildman–Crippen LogP) is 2.34. The number of rotatable bonds is 8. The number of carbonyl (C=O) groups is 1. The fourth-order valence-electron chi connectivity index (χ4n) is 1.60. The van der Waals surface area contributed by atoms with E-state index < -0.39 is 0 Å². The molecule has 0 rings (SSSR count). The Balaban J connectivity index is 4.06. The normalized spacial score (nSPS) is 13.6. The van der Waals surface area contributed by atoms with E-state index in [9.17, 15) is 9.90 Å². The molecule has 0 aliphatic carbocycles. The Bertz CT molecular complexity index is 192. The first-order chi connectivity index (χ1) is 7.53. The van der Waals surface area contributed by atoms with E-state index in [0.29, 0.717) is 18.9 Å². The van der Waals surface area contributed by atoms with Crippen LogP contribution in [0.1, 0.15) is 53.4 Å². The first-order valence-electron chi connectivity index (χ1n) is 6.41. The molecule has 0 aromatic heterocycles. The molecule has 0 fully saturated rings. The molecule has 0 saturated heterocycles. The quantitative estimate of drug-likeness (QED) is 0.671. The summed E-state index contributed by atoms with van der Waals surface area (Å²) in [6.45, 7) is 9.02. The molecule has 0 aromatic carbocycles. The Kier molecular flexibility index (Phi) is 7.39. The lowest BCUT2D eigenvalue weighted by Crippen LogP contribution is -2.39.